The summed E-state index contributed by atoms with van der Waals surface area (Å²) in [5.41, 5.74) is 2.08. The summed E-state index contributed by atoms with van der Waals surface area (Å²) in [4.78, 5) is 17.0. The summed E-state index contributed by atoms with van der Waals surface area (Å²) in [6.45, 7) is 2.22. The third-order valence-electron chi connectivity index (χ3n) is 6.34. The number of aryl methyl sites for hydroxylation is 1. The van der Waals surface area contributed by atoms with E-state index in [-0.39, 0.29) is 12.5 Å². The van der Waals surface area contributed by atoms with E-state index >= 15 is 0 Å². The lowest BCUT2D eigenvalue weighted by Gasteiger charge is -2.41. The zero-order valence-electron chi connectivity index (χ0n) is 16.9. The Kier molecular flexibility index (Phi) is 6.03. The van der Waals surface area contributed by atoms with Crippen LogP contribution in [0.2, 0.25) is 0 Å². The number of hydrogen-bond donors (Lipinski definition) is 0. The average Bonchev–Trinajstić information content (AvgIpc) is 3.18. The maximum absolute atomic E-state index is 13.3. The number of benzene rings is 1. The van der Waals surface area contributed by atoms with Gasteiger partial charge in [0.25, 0.3) is 0 Å². The molecule has 1 amide bonds. The van der Waals surface area contributed by atoms with E-state index in [0.717, 1.165) is 36.8 Å². The topological polar surface area (TPSA) is 63.9 Å². The first-order valence-electron chi connectivity index (χ1n) is 10.9. The van der Waals surface area contributed by atoms with Crippen LogP contribution in [0.4, 0.5) is 0 Å². The van der Waals surface area contributed by atoms with E-state index in [1.165, 1.54) is 43.3 Å². The normalized spacial score (nSPS) is 18.9. The Labute approximate surface area is 167 Å². The SMILES string of the molecule is Cc1ccccc1-c1nnn(CC(=O)N(C2CCCCC2)C2CCCCC2)n1. The van der Waals surface area contributed by atoms with Crippen molar-refractivity contribution in [2.45, 2.75) is 89.8 Å². The van der Waals surface area contributed by atoms with Crippen molar-refractivity contribution in [3.63, 3.8) is 0 Å². The van der Waals surface area contributed by atoms with Crippen LogP contribution in [0.15, 0.2) is 24.3 Å². The van der Waals surface area contributed by atoms with E-state index in [0.29, 0.717) is 17.9 Å². The van der Waals surface area contributed by atoms with Crippen molar-refractivity contribution in [2.24, 2.45) is 0 Å². The van der Waals surface area contributed by atoms with E-state index in [4.69, 9.17) is 0 Å². The lowest BCUT2D eigenvalue weighted by Crippen LogP contribution is -2.50. The molecule has 2 saturated carbocycles. The summed E-state index contributed by atoms with van der Waals surface area (Å²) in [5.74, 6) is 0.750. The Hall–Kier alpha value is -2.24. The number of tetrazole rings is 1. The van der Waals surface area contributed by atoms with Gasteiger partial charge in [0.1, 0.15) is 6.54 Å². The van der Waals surface area contributed by atoms with Crippen LogP contribution < -0.4 is 0 Å². The molecule has 150 valence electrons. The van der Waals surface area contributed by atoms with Crippen LogP contribution in [-0.2, 0) is 11.3 Å². The molecule has 1 heterocycles. The second-order valence-electron chi connectivity index (χ2n) is 8.34. The van der Waals surface area contributed by atoms with Crippen LogP contribution in [0, 0.1) is 6.92 Å². The Bertz CT molecular complexity index is 772. The molecule has 0 aliphatic heterocycles. The van der Waals surface area contributed by atoms with E-state index in [1.807, 2.05) is 31.2 Å². The second kappa shape index (κ2) is 8.84. The van der Waals surface area contributed by atoms with Gasteiger partial charge in [-0.3, -0.25) is 4.79 Å². The molecule has 0 saturated heterocycles. The summed E-state index contributed by atoms with van der Waals surface area (Å²) >= 11 is 0. The van der Waals surface area contributed by atoms with Crippen molar-refractivity contribution < 1.29 is 4.79 Å². The predicted molar refractivity (Wildman–Crippen MR) is 109 cm³/mol. The van der Waals surface area contributed by atoms with Crippen LogP contribution >= 0.6 is 0 Å². The molecule has 0 bridgehead atoms. The quantitative estimate of drug-likeness (QED) is 0.781. The molecule has 2 fully saturated rings. The van der Waals surface area contributed by atoms with Crippen molar-refractivity contribution in [3.05, 3.63) is 29.8 Å². The second-order valence-corrected chi connectivity index (χ2v) is 8.34. The van der Waals surface area contributed by atoms with Gasteiger partial charge in [-0.25, -0.2) is 0 Å². The largest absolute Gasteiger partial charge is 0.335 e. The smallest absolute Gasteiger partial charge is 0.246 e. The lowest BCUT2D eigenvalue weighted by molar-refractivity contribution is -0.139. The van der Waals surface area contributed by atoms with Gasteiger partial charge in [-0.05, 0) is 43.4 Å². The highest BCUT2D eigenvalue weighted by Crippen LogP contribution is 2.30. The molecule has 28 heavy (non-hydrogen) atoms. The predicted octanol–water partition coefficient (Wildman–Crippen LogP) is 4.14. The number of amides is 1. The van der Waals surface area contributed by atoms with E-state index in [1.54, 1.807) is 0 Å². The van der Waals surface area contributed by atoms with Crippen molar-refractivity contribution in [3.8, 4) is 11.4 Å². The number of carbonyl (C=O) groups excluding carboxylic acids is 1. The van der Waals surface area contributed by atoms with Crippen LogP contribution in [0.25, 0.3) is 11.4 Å². The minimum atomic E-state index is 0.160. The maximum atomic E-state index is 13.3. The summed E-state index contributed by atoms with van der Waals surface area (Å²) in [6, 6.07) is 8.79. The third kappa shape index (κ3) is 4.26. The molecule has 2 aromatic rings. The molecule has 0 N–H and O–H groups in total. The van der Waals surface area contributed by atoms with Crippen LogP contribution in [0.3, 0.4) is 0 Å². The van der Waals surface area contributed by atoms with Crippen LogP contribution in [-0.4, -0.2) is 43.1 Å². The van der Waals surface area contributed by atoms with E-state index in [9.17, 15) is 4.79 Å². The molecule has 4 rings (SSSR count). The Morgan fingerprint density at radius 2 is 1.61 bits per heavy atom. The standard InChI is InChI=1S/C22H31N5O/c1-17-10-8-9-15-20(17)22-23-25-26(24-22)16-21(28)27(18-11-4-2-5-12-18)19-13-6-3-7-14-19/h8-10,15,18-19H,2-7,11-14,16H2,1H3. The molecule has 2 aliphatic rings. The highest BCUT2D eigenvalue weighted by molar-refractivity contribution is 5.76. The molecule has 0 radical (unpaired) electrons. The fourth-order valence-corrected chi connectivity index (χ4v) is 4.87. The van der Waals surface area contributed by atoms with E-state index in [2.05, 4.69) is 20.3 Å². The van der Waals surface area contributed by atoms with Crippen molar-refractivity contribution >= 4 is 5.91 Å². The van der Waals surface area contributed by atoms with Gasteiger partial charge in [0.15, 0.2) is 0 Å². The Morgan fingerprint density at radius 1 is 1.00 bits per heavy atom. The zero-order chi connectivity index (χ0) is 19.3. The summed E-state index contributed by atoms with van der Waals surface area (Å²) in [5, 5.41) is 12.9. The molecule has 1 aromatic carbocycles. The van der Waals surface area contributed by atoms with Gasteiger partial charge in [-0.15, -0.1) is 10.2 Å². The third-order valence-corrected chi connectivity index (χ3v) is 6.34. The number of aromatic nitrogens is 4. The lowest BCUT2D eigenvalue weighted by atomic mass is 9.88. The Balaban J connectivity index is 1.50. The molecule has 2 aliphatic carbocycles. The van der Waals surface area contributed by atoms with Gasteiger partial charge in [0.05, 0.1) is 0 Å². The van der Waals surface area contributed by atoms with Gasteiger partial charge in [-0.2, -0.15) is 4.80 Å². The number of rotatable bonds is 5. The minimum absolute atomic E-state index is 0.160. The van der Waals surface area contributed by atoms with Gasteiger partial charge in [0, 0.05) is 17.6 Å². The maximum Gasteiger partial charge on any atom is 0.246 e. The van der Waals surface area contributed by atoms with Crippen molar-refractivity contribution in [1.29, 1.82) is 0 Å². The minimum Gasteiger partial charge on any atom is -0.335 e. The molecule has 6 nitrogen and oxygen atoms in total. The molecule has 1 aromatic heterocycles. The van der Waals surface area contributed by atoms with Crippen molar-refractivity contribution in [1.82, 2.24) is 25.1 Å². The Morgan fingerprint density at radius 3 is 2.21 bits per heavy atom. The number of carbonyl (C=O) groups is 1. The molecule has 0 unspecified atom stereocenters. The van der Waals surface area contributed by atoms with Crippen LogP contribution in [0.5, 0.6) is 0 Å². The average molecular weight is 382 g/mol. The summed E-state index contributed by atoms with van der Waals surface area (Å²) in [6.07, 6.45) is 12.1. The van der Waals surface area contributed by atoms with Gasteiger partial charge < -0.3 is 4.90 Å². The first kappa shape index (κ1) is 19.1. The van der Waals surface area contributed by atoms with Crippen molar-refractivity contribution in [2.75, 3.05) is 0 Å². The first-order valence-corrected chi connectivity index (χ1v) is 10.9. The molecule has 6 heteroatoms. The monoisotopic (exact) mass is 381 g/mol. The fraction of sp³-hybridized carbons (Fsp3) is 0.636. The molecular formula is C22H31N5O. The molecule has 0 spiro atoms. The number of nitrogens with zero attached hydrogens (tertiary/aromatic N) is 5. The fourth-order valence-electron chi connectivity index (χ4n) is 4.87. The highest BCUT2D eigenvalue weighted by Gasteiger charge is 2.32. The first-order chi connectivity index (χ1) is 13.7. The van der Waals surface area contributed by atoms with Gasteiger partial charge >= 0.3 is 0 Å². The summed E-state index contributed by atoms with van der Waals surface area (Å²) in [7, 11) is 0. The van der Waals surface area contributed by atoms with E-state index < -0.39 is 0 Å². The zero-order valence-corrected chi connectivity index (χ0v) is 16.9. The molecule has 0 atom stereocenters. The van der Waals surface area contributed by atoms with Crippen LogP contribution in [0.1, 0.15) is 69.8 Å². The molecular weight excluding hydrogens is 350 g/mol. The van der Waals surface area contributed by atoms with Gasteiger partial charge in [0.2, 0.25) is 11.7 Å². The van der Waals surface area contributed by atoms with Gasteiger partial charge in [-0.1, -0.05) is 62.8 Å². The summed E-state index contributed by atoms with van der Waals surface area (Å²) < 4.78 is 0. The number of hydrogen-bond acceptors (Lipinski definition) is 4. The highest BCUT2D eigenvalue weighted by atomic mass is 16.2.